The van der Waals surface area contributed by atoms with Crippen LogP contribution in [0, 0.1) is 0 Å². The van der Waals surface area contributed by atoms with E-state index in [1.165, 1.54) is 7.11 Å². The SMILES string of the molecule is COc1ccc(C(O)=C2C(=O)C(=O)N[C@@H]2c2ccc(Cl)cc2)cc1. The van der Waals surface area contributed by atoms with Crippen molar-refractivity contribution >= 4 is 29.1 Å². The van der Waals surface area contributed by atoms with Gasteiger partial charge in [0.05, 0.1) is 18.7 Å². The van der Waals surface area contributed by atoms with E-state index in [4.69, 9.17) is 16.3 Å². The maximum atomic E-state index is 12.2. The first-order valence-electron chi connectivity index (χ1n) is 7.19. The van der Waals surface area contributed by atoms with Gasteiger partial charge in [-0.25, -0.2) is 0 Å². The monoisotopic (exact) mass is 343 g/mol. The van der Waals surface area contributed by atoms with Gasteiger partial charge in [-0.05, 0) is 42.0 Å². The summed E-state index contributed by atoms with van der Waals surface area (Å²) in [5.74, 6) is -1.10. The summed E-state index contributed by atoms with van der Waals surface area (Å²) in [6.45, 7) is 0. The highest BCUT2D eigenvalue weighted by Gasteiger charge is 2.39. The van der Waals surface area contributed by atoms with Gasteiger partial charge in [-0.1, -0.05) is 23.7 Å². The molecular formula is C18H14ClNO4. The van der Waals surface area contributed by atoms with Crippen LogP contribution < -0.4 is 10.1 Å². The first kappa shape index (κ1) is 16.1. The molecule has 1 atom stereocenters. The number of amides is 1. The summed E-state index contributed by atoms with van der Waals surface area (Å²) >= 11 is 5.87. The summed E-state index contributed by atoms with van der Waals surface area (Å²) in [5, 5.41) is 13.7. The number of Topliss-reactive ketones (excluding diaryl/α,β-unsaturated/α-hetero) is 1. The molecular weight excluding hydrogens is 330 g/mol. The zero-order valence-electron chi connectivity index (χ0n) is 12.7. The van der Waals surface area contributed by atoms with Crippen LogP contribution in [0.3, 0.4) is 0 Å². The van der Waals surface area contributed by atoms with Gasteiger partial charge in [0.25, 0.3) is 11.7 Å². The third kappa shape index (κ3) is 2.86. The van der Waals surface area contributed by atoms with Crippen LogP contribution >= 0.6 is 11.6 Å². The fourth-order valence-electron chi connectivity index (χ4n) is 2.58. The standard InChI is InChI=1S/C18H14ClNO4/c1-24-13-8-4-11(5-9-13)16(21)14-15(20-18(23)17(14)22)10-2-6-12(19)7-3-10/h2-9,15,21H,1H3,(H,20,23)/t15-/m1/s1. The lowest BCUT2D eigenvalue weighted by atomic mass is 9.96. The Kier molecular flexibility index (Phi) is 4.27. The lowest BCUT2D eigenvalue weighted by Crippen LogP contribution is -2.21. The molecule has 6 heteroatoms. The molecule has 3 rings (SSSR count). The molecule has 1 fully saturated rings. The summed E-state index contributed by atoms with van der Waals surface area (Å²) < 4.78 is 5.07. The number of carbonyl (C=O) groups is 2. The van der Waals surface area contributed by atoms with E-state index >= 15 is 0 Å². The maximum Gasteiger partial charge on any atom is 0.293 e. The number of aliphatic hydroxyl groups is 1. The van der Waals surface area contributed by atoms with Crippen LogP contribution in [0.4, 0.5) is 0 Å². The van der Waals surface area contributed by atoms with Crippen molar-refractivity contribution in [3.05, 3.63) is 70.3 Å². The van der Waals surface area contributed by atoms with Gasteiger partial charge >= 0.3 is 0 Å². The van der Waals surface area contributed by atoms with Crippen LogP contribution in [0.2, 0.25) is 5.02 Å². The average molecular weight is 344 g/mol. The number of ether oxygens (including phenoxy) is 1. The molecule has 1 heterocycles. The lowest BCUT2D eigenvalue weighted by Gasteiger charge is -2.14. The maximum absolute atomic E-state index is 12.2. The van der Waals surface area contributed by atoms with Crippen molar-refractivity contribution in [1.82, 2.24) is 5.32 Å². The van der Waals surface area contributed by atoms with Crippen LogP contribution in [0.5, 0.6) is 5.75 Å². The number of ketones is 1. The molecule has 24 heavy (non-hydrogen) atoms. The van der Waals surface area contributed by atoms with Crippen molar-refractivity contribution in [2.24, 2.45) is 0 Å². The fourth-order valence-corrected chi connectivity index (χ4v) is 2.70. The Labute approximate surface area is 143 Å². The molecule has 1 amide bonds. The summed E-state index contributed by atoms with van der Waals surface area (Å²) in [6.07, 6.45) is 0. The number of rotatable bonds is 3. The minimum atomic E-state index is -0.747. The smallest absolute Gasteiger partial charge is 0.293 e. The number of hydrogen-bond donors (Lipinski definition) is 2. The molecule has 2 aromatic rings. The highest BCUT2D eigenvalue weighted by atomic mass is 35.5. The number of carbonyl (C=O) groups excluding carboxylic acids is 2. The molecule has 0 spiro atoms. The molecule has 1 saturated heterocycles. The van der Waals surface area contributed by atoms with Crippen LogP contribution in [-0.4, -0.2) is 23.9 Å². The normalized spacial score (nSPS) is 19.2. The van der Waals surface area contributed by atoms with Crippen molar-refractivity contribution in [1.29, 1.82) is 0 Å². The van der Waals surface area contributed by atoms with Crippen molar-refractivity contribution < 1.29 is 19.4 Å². The molecule has 1 aliphatic heterocycles. The Hall–Kier alpha value is -2.79. The van der Waals surface area contributed by atoms with Crippen LogP contribution in [0.15, 0.2) is 54.1 Å². The van der Waals surface area contributed by atoms with E-state index in [0.29, 0.717) is 21.9 Å². The number of benzene rings is 2. The molecule has 0 saturated carbocycles. The van der Waals surface area contributed by atoms with Crippen LogP contribution in [0.25, 0.3) is 5.76 Å². The zero-order chi connectivity index (χ0) is 17.3. The topological polar surface area (TPSA) is 75.6 Å². The Morgan fingerprint density at radius 3 is 2.29 bits per heavy atom. The molecule has 2 N–H and O–H groups in total. The largest absolute Gasteiger partial charge is 0.507 e. The van der Waals surface area contributed by atoms with Crippen molar-refractivity contribution in [2.75, 3.05) is 7.11 Å². The van der Waals surface area contributed by atoms with Gasteiger partial charge in [-0.3, -0.25) is 9.59 Å². The Bertz CT molecular complexity index is 825. The van der Waals surface area contributed by atoms with Gasteiger partial charge in [-0.15, -0.1) is 0 Å². The highest BCUT2D eigenvalue weighted by Crippen LogP contribution is 2.33. The number of aliphatic hydroxyl groups excluding tert-OH is 1. The van der Waals surface area contributed by atoms with Gasteiger partial charge < -0.3 is 15.2 Å². The number of methoxy groups -OCH3 is 1. The molecule has 0 radical (unpaired) electrons. The lowest BCUT2D eigenvalue weighted by molar-refractivity contribution is -0.133. The molecule has 0 aliphatic carbocycles. The van der Waals surface area contributed by atoms with Gasteiger partial charge in [-0.2, -0.15) is 0 Å². The van der Waals surface area contributed by atoms with Crippen LogP contribution in [0.1, 0.15) is 17.2 Å². The van der Waals surface area contributed by atoms with E-state index in [1.807, 2.05) is 0 Å². The Morgan fingerprint density at radius 2 is 1.71 bits per heavy atom. The first-order valence-corrected chi connectivity index (χ1v) is 7.57. The summed E-state index contributed by atoms with van der Waals surface area (Å²) in [4.78, 5) is 24.0. The molecule has 5 nitrogen and oxygen atoms in total. The van der Waals surface area contributed by atoms with Crippen molar-refractivity contribution in [2.45, 2.75) is 6.04 Å². The van der Waals surface area contributed by atoms with E-state index in [0.717, 1.165) is 0 Å². The summed E-state index contributed by atoms with van der Waals surface area (Å²) in [6, 6.07) is 12.6. The predicted molar refractivity (Wildman–Crippen MR) is 89.9 cm³/mol. The Morgan fingerprint density at radius 1 is 1.08 bits per heavy atom. The predicted octanol–water partition coefficient (Wildman–Crippen LogP) is 3.06. The second-order valence-corrected chi connectivity index (χ2v) is 5.71. The second-order valence-electron chi connectivity index (χ2n) is 5.28. The molecule has 1 aliphatic rings. The fraction of sp³-hybridized carbons (Fsp3) is 0.111. The Balaban J connectivity index is 2.07. The number of nitrogens with one attached hydrogen (secondary N) is 1. The highest BCUT2D eigenvalue weighted by molar-refractivity contribution is 6.46. The van der Waals surface area contributed by atoms with Crippen LogP contribution in [-0.2, 0) is 9.59 Å². The van der Waals surface area contributed by atoms with E-state index < -0.39 is 17.7 Å². The molecule has 122 valence electrons. The van der Waals surface area contributed by atoms with E-state index in [-0.39, 0.29) is 11.3 Å². The minimum absolute atomic E-state index is 0.0208. The molecule has 0 unspecified atom stereocenters. The minimum Gasteiger partial charge on any atom is -0.507 e. The number of halogens is 1. The van der Waals surface area contributed by atoms with Gasteiger partial charge in [0.1, 0.15) is 11.5 Å². The average Bonchev–Trinajstić information content (AvgIpc) is 2.90. The van der Waals surface area contributed by atoms with E-state index in [1.54, 1.807) is 48.5 Å². The summed E-state index contributed by atoms with van der Waals surface area (Å²) in [5.41, 5.74) is 1.11. The van der Waals surface area contributed by atoms with E-state index in [2.05, 4.69) is 5.32 Å². The van der Waals surface area contributed by atoms with Gasteiger partial charge in [0, 0.05) is 10.6 Å². The zero-order valence-corrected chi connectivity index (χ0v) is 13.5. The number of hydrogen-bond acceptors (Lipinski definition) is 4. The molecule has 0 aromatic heterocycles. The molecule has 0 bridgehead atoms. The van der Waals surface area contributed by atoms with Crippen molar-refractivity contribution in [3.8, 4) is 5.75 Å². The third-order valence-corrected chi connectivity index (χ3v) is 4.09. The molecule has 2 aromatic carbocycles. The quantitative estimate of drug-likeness (QED) is 0.510. The van der Waals surface area contributed by atoms with E-state index in [9.17, 15) is 14.7 Å². The first-order chi connectivity index (χ1) is 11.5. The summed E-state index contributed by atoms with van der Waals surface area (Å²) in [7, 11) is 1.53. The third-order valence-electron chi connectivity index (χ3n) is 3.84. The van der Waals surface area contributed by atoms with Gasteiger partial charge in [0.15, 0.2) is 0 Å². The van der Waals surface area contributed by atoms with Gasteiger partial charge in [0.2, 0.25) is 0 Å². The van der Waals surface area contributed by atoms with Crippen molar-refractivity contribution in [3.63, 3.8) is 0 Å². The second kappa shape index (κ2) is 6.37.